The highest BCUT2D eigenvalue weighted by Crippen LogP contribution is 2.26. The smallest absolute Gasteiger partial charge is 0.262 e. The number of benzene rings is 2. The van der Waals surface area contributed by atoms with Gasteiger partial charge in [-0.15, -0.1) is 0 Å². The van der Waals surface area contributed by atoms with Crippen molar-refractivity contribution in [3.8, 4) is 0 Å². The van der Waals surface area contributed by atoms with Gasteiger partial charge in [0.2, 0.25) is 5.91 Å². The van der Waals surface area contributed by atoms with Crippen molar-refractivity contribution < 1.29 is 13.6 Å². The van der Waals surface area contributed by atoms with Crippen molar-refractivity contribution in [2.45, 2.75) is 23.9 Å². The third-order valence-corrected chi connectivity index (χ3v) is 5.88. The monoisotopic (exact) mass is 457 g/mol. The second-order valence-electron chi connectivity index (χ2n) is 6.76. The molecular formula is C22H17ClFN3O3S. The summed E-state index contributed by atoms with van der Waals surface area (Å²) >= 11 is 7.16. The van der Waals surface area contributed by atoms with Crippen molar-refractivity contribution >= 4 is 45.9 Å². The minimum atomic E-state index is -0.661. The van der Waals surface area contributed by atoms with Crippen LogP contribution in [-0.2, 0) is 11.3 Å². The van der Waals surface area contributed by atoms with Crippen LogP contribution in [0.4, 0.5) is 10.1 Å². The van der Waals surface area contributed by atoms with Gasteiger partial charge in [0, 0.05) is 5.02 Å². The predicted molar refractivity (Wildman–Crippen MR) is 119 cm³/mol. The molecule has 1 atom stereocenters. The fourth-order valence-electron chi connectivity index (χ4n) is 2.97. The second-order valence-corrected chi connectivity index (χ2v) is 8.50. The Morgan fingerprint density at radius 1 is 1.26 bits per heavy atom. The summed E-state index contributed by atoms with van der Waals surface area (Å²) in [5, 5.41) is 3.09. The number of fused-ring (bicyclic) bond motifs is 1. The molecule has 9 heteroatoms. The van der Waals surface area contributed by atoms with Gasteiger partial charge < -0.3 is 9.73 Å². The van der Waals surface area contributed by atoms with Gasteiger partial charge >= 0.3 is 0 Å². The molecule has 1 N–H and O–H groups in total. The van der Waals surface area contributed by atoms with Gasteiger partial charge in [0.05, 0.1) is 34.6 Å². The molecule has 0 aliphatic rings. The topological polar surface area (TPSA) is 77.1 Å². The van der Waals surface area contributed by atoms with Crippen LogP contribution in [0.25, 0.3) is 10.9 Å². The lowest BCUT2D eigenvalue weighted by Gasteiger charge is -2.16. The number of hydrogen-bond acceptors (Lipinski definition) is 5. The van der Waals surface area contributed by atoms with Gasteiger partial charge in [-0.25, -0.2) is 9.37 Å². The van der Waals surface area contributed by atoms with Crippen LogP contribution in [0.3, 0.4) is 0 Å². The highest BCUT2D eigenvalue weighted by atomic mass is 35.5. The lowest BCUT2D eigenvalue weighted by atomic mass is 10.2. The first-order chi connectivity index (χ1) is 14.9. The maximum Gasteiger partial charge on any atom is 0.262 e. The number of carbonyl (C=O) groups is 1. The van der Waals surface area contributed by atoms with Gasteiger partial charge in [-0.3, -0.25) is 14.2 Å². The van der Waals surface area contributed by atoms with E-state index in [1.165, 1.54) is 23.0 Å². The SMILES string of the molecule is C[C@H](Sc1nc2cc(Cl)ccc2c(=O)n1Cc1ccco1)C(=O)Nc1ccccc1F. The molecule has 0 aliphatic carbocycles. The molecule has 0 radical (unpaired) electrons. The Bertz CT molecular complexity index is 1310. The quantitative estimate of drug-likeness (QED) is 0.327. The molecule has 31 heavy (non-hydrogen) atoms. The Morgan fingerprint density at radius 3 is 2.81 bits per heavy atom. The number of aromatic nitrogens is 2. The Hall–Kier alpha value is -3.10. The zero-order valence-corrected chi connectivity index (χ0v) is 17.9. The number of para-hydroxylation sites is 1. The average molecular weight is 458 g/mol. The highest BCUT2D eigenvalue weighted by Gasteiger charge is 2.21. The Kier molecular flexibility index (Phi) is 6.11. The van der Waals surface area contributed by atoms with E-state index in [9.17, 15) is 14.0 Å². The summed E-state index contributed by atoms with van der Waals surface area (Å²) in [6.07, 6.45) is 1.52. The molecule has 0 aliphatic heterocycles. The standard InChI is InChI=1S/C22H17ClFN3O3S/c1-13(20(28)25-18-7-3-2-6-17(18)24)31-22-26-19-11-14(23)8-9-16(19)21(29)27(22)12-15-5-4-10-30-15/h2-11,13H,12H2,1H3,(H,25,28)/t13-/m0/s1. The number of thioether (sulfide) groups is 1. The van der Waals surface area contributed by atoms with E-state index in [4.69, 9.17) is 16.0 Å². The van der Waals surface area contributed by atoms with E-state index < -0.39 is 17.0 Å². The number of hydrogen-bond donors (Lipinski definition) is 1. The van der Waals surface area contributed by atoms with Gasteiger partial charge in [-0.05, 0) is 49.4 Å². The molecule has 0 fully saturated rings. The molecule has 2 aromatic heterocycles. The number of furan rings is 1. The van der Waals surface area contributed by atoms with E-state index in [1.807, 2.05) is 0 Å². The van der Waals surface area contributed by atoms with Crippen molar-refractivity contribution in [1.29, 1.82) is 0 Å². The van der Waals surface area contributed by atoms with Crippen LogP contribution in [0, 0.1) is 5.82 Å². The number of rotatable bonds is 6. The summed E-state index contributed by atoms with van der Waals surface area (Å²) in [7, 11) is 0. The van der Waals surface area contributed by atoms with E-state index in [-0.39, 0.29) is 17.8 Å². The lowest BCUT2D eigenvalue weighted by molar-refractivity contribution is -0.115. The molecule has 2 heterocycles. The zero-order valence-electron chi connectivity index (χ0n) is 16.3. The van der Waals surface area contributed by atoms with Gasteiger partial charge in [-0.1, -0.05) is 35.5 Å². The molecule has 0 saturated heterocycles. The van der Waals surface area contributed by atoms with Crippen LogP contribution in [0.1, 0.15) is 12.7 Å². The highest BCUT2D eigenvalue weighted by molar-refractivity contribution is 8.00. The number of anilines is 1. The first-order valence-corrected chi connectivity index (χ1v) is 10.6. The van der Waals surface area contributed by atoms with Crippen LogP contribution in [0.5, 0.6) is 0 Å². The molecule has 0 spiro atoms. The number of nitrogens with one attached hydrogen (secondary N) is 1. The minimum absolute atomic E-state index is 0.0891. The first-order valence-electron chi connectivity index (χ1n) is 9.37. The second kappa shape index (κ2) is 8.95. The molecule has 6 nitrogen and oxygen atoms in total. The molecule has 4 rings (SSSR count). The van der Waals surface area contributed by atoms with Crippen molar-refractivity contribution in [2.75, 3.05) is 5.32 Å². The fourth-order valence-corrected chi connectivity index (χ4v) is 4.04. The molecule has 0 saturated carbocycles. The summed E-state index contributed by atoms with van der Waals surface area (Å²) in [6, 6.07) is 14.2. The molecule has 0 bridgehead atoms. The van der Waals surface area contributed by atoms with E-state index in [1.54, 1.807) is 49.4 Å². The Balaban J connectivity index is 1.68. The Morgan fingerprint density at radius 2 is 2.06 bits per heavy atom. The van der Waals surface area contributed by atoms with E-state index in [0.717, 1.165) is 11.8 Å². The predicted octanol–water partition coefficient (Wildman–Crippen LogP) is 4.95. The average Bonchev–Trinajstić information content (AvgIpc) is 3.25. The maximum absolute atomic E-state index is 13.9. The minimum Gasteiger partial charge on any atom is -0.467 e. The van der Waals surface area contributed by atoms with Crippen molar-refractivity contribution in [1.82, 2.24) is 9.55 Å². The number of halogens is 2. The summed E-state index contributed by atoms with van der Waals surface area (Å²) in [5.41, 5.74) is 0.242. The van der Waals surface area contributed by atoms with E-state index in [2.05, 4.69) is 10.3 Å². The third-order valence-electron chi connectivity index (χ3n) is 4.56. The van der Waals surface area contributed by atoms with Gasteiger partial charge in [-0.2, -0.15) is 0 Å². The van der Waals surface area contributed by atoms with Crippen molar-refractivity contribution in [2.24, 2.45) is 0 Å². The first kappa shape index (κ1) is 21.1. The molecule has 0 unspecified atom stereocenters. The van der Waals surface area contributed by atoms with Gasteiger partial charge in [0.15, 0.2) is 5.16 Å². The Labute approximate surface area is 186 Å². The van der Waals surface area contributed by atoms with Crippen LogP contribution >= 0.6 is 23.4 Å². The summed E-state index contributed by atoms with van der Waals surface area (Å²) in [4.78, 5) is 30.4. The number of carbonyl (C=O) groups excluding carboxylic acids is 1. The van der Waals surface area contributed by atoms with Crippen LogP contribution in [0.2, 0.25) is 5.02 Å². The van der Waals surface area contributed by atoms with Crippen LogP contribution < -0.4 is 10.9 Å². The summed E-state index contributed by atoms with van der Waals surface area (Å²) in [5.74, 6) is -0.371. The molecule has 1 amide bonds. The van der Waals surface area contributed by atoms with Gasteiger partial charge in [0.1, 0.15) is 11.6 Å². The number of nitrogens with zero attached hydrogens (tertiary/aromatic N) is 2. The number of amides is 1. The fraction of sp³-hybridized carbons (Fsp3) is 0.136. The zero-order chi connectivity index (χ0) is 22.0. The van der Waals surface area contributed by atoms with Crippen molar-refractivity contribution in [3.63, 3.8) is 0 Å². The molecule has 2 aromatic carbocycles. The summed E-state index contributed by atoms with van der Waals surface area (Å²) < 4.78 is 20.7. The van der Waals surface area contributed by atoms with Gasteiger partial charge in [0.25, 0.3) is 5.56 Å². The lowest BCUT2D eigenvalue weighted by Crippen LogP contribution is -2.27. The molecule has 4 aromatic rings. The summed E-state index contributed by atoms with van der Waals surface area (Å²) in [6.45, 7) is 1.81. The molecule has 158 valence electrons. The van der Waals surface area contributed by atoms with Crippen LogP contribution in [-0.4, -0.2) is 20.7 Å². The largest absolute Gasteiger partial charge is 0.467 e. The third kappa shape index (κ3) is 4.65. The van der Waals surface area contributed by atoms with Crippen molar-refractivity contribution in [3.05, 3.63) is 87.8 Å². The molecular weight excluding hydrogens is 441 g/mol. The van der Waals surface area contributed by atoms with Crippen LogP contribution in [0.15, 0.2) is 75.2 Å². The maximum atomic E-state index is 13.9. The van der Waals surface area contributed by atoms with E-state index in [0.29, 0.717) is 26.8 Å². The van der Waals surface area contributed by atoms with E-state index >= 15 is 0 Å². The normalized spacial score (nSPS) is 12.1.